The molecule has 1 heterocycles. The van der Waals surface area contributed by atoms with E-state index in [4.69, 9.17) is 4.42 Å². The number of aryl methyl sites for hydroxylation is 1. The van der Waals surface area contributed by atoms with Crippen LogP contribution in [0.2, 0.25) is 0 Å². The second kappa shape index (κ2) is 6.25. The summed E-state index contributed by atoms with van der Waals surface area (Å²) in [4.78, 5) is 0. The van der Waals surface area contributed by atoms with Crippen molar-refractivity contribution in [2.45, 2.75) is 59.9 Å². The summed E-state index contributed by atoms with van der Waals surface area (Å²) in [7, 11) is 0. The van der Waals surface area contributed by atoms with Gasteiger partial charge in [-0.15, -0.1) is 0 Å². The van der Waals surface area contributed by atoms with E-state index < -0.39 is 0 Å². The SMILES string of the molecule is CCCNC(c1ccc(CC)o1)C(C)(C)CC. The van der Waals surface area contributed by atoms with Crippen molar-refractivity contribution in [2.24, 2.45) is 5.41 Å². The third kappa shape index (κ3) is 3.60. The highest BCUT2D eigenvalue weighted by Gasteiger charge is 2.30. The van der Waals surface area contributed by atoms with Crippen molar-refractivity contribution in [2.75, 3.05) is 6.54 Å². The van der Waals surface area contributed by atoms with Gasteiger partial charge in [0.15, 0.2) is 0 Å². The van der Waals surface area contributed by atoms with Crippen LogP contribution < -0.4 is 5.32 Å². The van der Waals surface area contributed by atoms with E-state index in [9.17, 15) is 0 Å². The van der Waals surface area contributed by atoms with Gasteiger partial charge in [0.05, 0.1) is 6.04 Å². The van der Waals surface area contributed by atoms with Gasteiger partial charge in [0.1, 0.15) is 11.5 Å². The molecule has 0 amide bonds. The summed E-state index contributed by atoms with van der Waals surface area (Å²) in [6.07, 6.45) is 3.25. The smallest absolute Gasteiger partial charge is 0.121 e. The first-order valence-electron chi connectivity index (χ1n) is 6.87. The molecular formula is C15H27NO. The Morgan fingerprint density at radius 1 is 1.24 bits per heavy atom. The van der Waals surface area contributed by atoms with Crippen LogP contribution in [0.4, 0.5) is 0 Å². The van der Waals surface area contributed by atoms with Gasteiger partial charge in [0, 0.05) is 6.42 Å². The molecule has 1 aromatic heterocycles. The molecule has 0 aliphatic heterocycles. The van der Waals surface area contributed by atoms with E-state index in [0.717, 1.165) is 37.3 Å². The Labute approximate surface area is 106 Å². The standard InChI is InChI=1S/C15H27NO/c1-6-11-16-14(15(4,5)8-3)13-10-9-12(7-2)17-13/h9-10,14,16H,6-8,11H2,1-5H3. The van der Waals surface area contributed by atoms with Gasteiger partial charge in [-0.3, -0.25) is 0 Å². The van der Waals surface area contributed by atoms with Crippen molar-refractivity contribution < 1.29 is 4.42 Å². The summed E-state index contributed by atoms with van der Waals surface area (Å²) in [5.41, 5.74) is 0.220. The molecule has 0 aromatic carbocycles. The van der Waals surface area contributed by atoms with Gasteiger partial charge in [0.2, 0.25) is 0 Å². The van der Waals surface area contributed by atoms with Crippen molar-refractivity contribution in [3.63, 3.8) is 0 Å². The number of rotatable bonds is 7. The van der Waals surface area contributed by atoms with Gasteiger partial charge in [-0.1, -0.05) is 34.6 Å². The van der Waals surface area contributed by atoms with Crippen LogP contribution >= 0.6 is 0 Å². The van der Waals surface area contributed by atoms with Crippen LogP contribution in [0.1, 0.15) is 65.0 Å². The highest BCUT2D eigenvalue weighted by atomic mass is 16.3. The van der Waals surface area contributed by atoms with Gasteiger partial charge < -0.3 is 9.73 Å². The van der Waals surface area contributed by atoms with E-state index in [0.29, 0.717) is 6.04 Å². The highest BCUT2D eigenvalue weighted by Crippen LogP contribution is 2.37. The Hall–Kier alpha value is -0.760. The summed E-state index contributed by atoms with van der Waals surface area (Å²) in [5.74, 6) is 2.16. The Kier molecular flexibility index (Phi) is 5.26. The van der Waals surface area contributed by atoms with Crippen LogP contribution in [0, 0.1) is 5.41 Å². The summed E-state index contributed by atoms with van der Waals surface area (Å²) in [5, 5.41) is 3.62. The molecule has 17 heavy (non-hydrogen) atoms. The van der Waals surface area contributed by atoms with Crippen molar-refractivity contribution >= 4 is 0 Å². The molecule has 0 radical (unpaired) electrons. The predicted molar refractivity (Wildman–Crippen MR) is 73.2 cm³/mol. The quantitative estimate of drug-likeness (QED) is 0.764. The summed E-state index contributed by atoms with van der Waals surface area (Å²) in [6.45, 7) is 12.2. The first-order chi connectivity index (χ1) is 8.05. The van der Waals surface area contributed by atoms with Crippen LogP contribution in [0.3, 0.4) is 0 Å². The van der Waals surface area contributed by atoms with E-state index in [1.165, 1.54) is 0 Å². The van der Waals surface area contributed by atoms with Gasteiger partial charge >= 0.3 is 0 Å². The Morgan fingerprint density at radius 3 is 2.41 bits per heavy atom. The molecule has 2 heteroatoms. The lowest BCUT2D eigenvalue weighted by Gasteiger charge is -2.33. The number of hydrogen-bond acceptors (Lipinski definition) is 2. The normalized spacial score (nSPS) is 13.9. The third-order valence-corrected chi connectivity index (χ3v) is 3.61. The second-order valence-corrected chi connectivity index (χ2v) is 5.39. The van der Waals surface area contributed by atoms with E-state index in [-0.39, 0.29) is 5.41 Å². The maximum Gasteiger partial charge on any atom is 0.121 e. The van der Waals surface area contributed by atoms with Crippen molar-refractivity contribution in [3.8, 4) is 0 Å². The molecule has 0 bridgehead atoms. The van der Waals surface area contributed by atoms with Crippen LogP contribution in [-0.2, 0) is 6.42 Å². The summed E-state index contributed by atoms with van der Waals surface area (Å²) >= 11 is 0. The topological polar surface area (TPSA) is 25.2 Å². The molecular weight excluding hydrogens is 210 g/mol. The molecule has 1 N–H and O–H groups in total. The Balaban J connectivity index is 2.89. The Bertz CT molecular complexity index is 327. The number of furan rings is 1. The predicted octanol–water partition coefficient (Wildman–Crippen LogP) is 4.32. The molecule has 0 aliphatic carbocycles. The average Bonchev–Trinajstić information content (AvgIpc) is 2.78. The zero-order valence-electron chi connectivity index (χ0n) is 12.0. The van der Waals surface area contributed by atoms with Gasteiger partial charge in [-0.25, -0.2) is 0 Å². The molecule has 1 aromatic rings. The molecule has 1 unspecified atom stereocenters. The second-order valence-electron chi connectivity index (χ2n) is 5.39. The molecule has 0 saturated carbocycles. The largest absolute Gasteiger partial charge is 0.464 e. The van der Waals surface area contributed by atoms with Crippen molar-refractivity contribution in [1.29, 1.82) is 0 Å². The fourth-order valence-corrected chi connectivity index (χ4v) is 1.99. The third-order valence-electron chi connectivity index (χ3n) is 3.61. The van der Waals surface area contributed by atoms with Crippen molar-refractivity contribution in [1.82, 2.24) is 5.32 Å². The summed E-state index contributed by atoms with van der Waals surface area (Å²) < 4.78 is 5.92. The van der Waals surface area contributed by atoms with E-state index >= 15 is 0 Å². The lowest BCUT2D eigenvalue weighted by Crippen LogP contribution is -2.34. The minimum absolute atomic E-state index is 0.220. The molecule has 0 spiro atoms. The first kappa shape index (κ1) is 14.3. The van der Waals surface area contributed by atoms with E-state index in [2.05, 4.69) is 52.1 Å². The number of nitrogens with one attached hydrogen (secondary N) is 1. The van der Waals surface area contributed by atoms with E-state index in [1.807, 2.05) is 0 Å². The fraction of sp³-hybridized carbons (Fsp3) is 0.733. The first-order valence-corrected chi connectivity index (χ1v) is 6.87. The van der Waals surface area contributed by atoms with Crippen molar-refractivity contribution in [3.05, 3.63) is 23.7 Å². The summed E-state index contributed by atoms with van der Waals surface area (Å²) in [6, 6.07) is 4.54. The molecule has 1 rings (SSSR count). The van der Waals surface area contributed by atoms with Gasteiger partial charge in [-0.05, 0) is 36.9 Å². The monoisotopic (exact) mass is 237 g/mol. The molecule has 2 nitrogen and oxygen atoms in total. The Morgan fingerprint density at radius 2 is 1.94 bits per heavy atom. The maximum atomic E-state index is 5.92. The highest BCUT2D eigenvalue weighted by molar-refractivity contribution is 5.13. The van der Waals surface area contributed by atoms with Gasteiger partial charge in [0.25, 0.3) is 0 Å². The van der Waals surface area contributed by atoms with Crippen LogP contribution in [-0.4, -0.2) is 6.54 Å². The molecule has 98 valence electrons. The minimum Gasteiger partial charge on any atom is -0.464 e. The molecule has 0 fully saturated rings. The minimum atomic E-state index is 0.220. The van der Waals surface area contributed by atoms with Crippen LogP contribution in [0.15, 0.2) is 16.5 Å². The zero-order valence-corrected chi connectivity index (χ0v) is 12.0. The molecule has 0 aliphatic rings. The van der Waals surface area contributed by atoms with Gasteiger partial charge in [-0.2, -0.15) is 0 Å². The van der Waals surface area contributed by atoms with E-state index in [1.54, 1.807) is 0 Å². The maximum absolute atomic E-state index is 5.92. The lowest BCUT2D eigenvalue weighted by atomic mass is 9.80. The lowest BCUT2D eigenvalue weighted by molar-refractivity contribution is 0.204. The number of hydrogen-bond donors (Lipinski definition) is 1. The average molecular weight is 237 g/mol. The van der Waals surface area contributed by atoms with Crippen LogP contribution in [0.25, 0.3) is 0 Å². The fourth-order valence-electron chi connectivity index (χ4n) is 1.99. The molecule has 1 atom stereocenters. The molecule has 0 saturated heterocycles. The van der Waals surface area contributed by atoms with Crippen LogP contribution in [0.5, 0.6) is 0 Å². The zero-order chi connectivity index (χ0) is 12.9.